The molecular weight excluding hydrogens is 504 g/mol. The quantitative estimate of drug-likeness (QED) is 0.576. The van der Waals surface area contributed by atoms with Gasteiger partial charge in [-0.15, -0.1) is 0 Å². The van der Waals surface area contributed by atoms with Crippen LogP contribution in [0, 0.1) is 0 Å². The molecule has 190 valence electrons. The number of halogens is 1. The molecule has 1 spiro atoms. The number of hydrogen-bond donors (Lipinski definition) is 2. The van der Waals surface area contributed by atoms with Gasteiger partial charge in [-0.3, -0.25) is 14.5 Å². The van der Waals surface area contributed by atoms with Crippen LogP contribution in [0.2, 0.25) is 5.02 Å². The van der Waals surface area contributed by atoms with Crippen LogP contribution in [0.3, 0.4) is 0 Å². The molecule has 1 aliphatic carbocycles. The average Bonchev–Trinajstić information content (AvgIpc) is 3.10. The number of nitrogens with zero attached hydrogens (tertiary/aromatic N) is 2. The molecule has 36 heavy (non-hydrogen) atoms. The van der Waals surface area contributed by atoms with E-state index in [2.05, 4.69) is 10.6 Å². The molecule has 9 nitrogen and oxygen atoms in total. The first-order valence-electron chi connectivity index (χ1n) is 12.0. The first-order valence-corrected chi connectivity index (χ1v) is 13.9. The number of sulfonamides is 1. The Morgan fingerprint density at radius 3 is 2.58 bits per heavy atom. The van der Waals surface area contributed by atoms with E-state index in [0.717, 1.165) is 48.1 Å². The molecule has 2 fully saturated rings. The standard InChI is InChI=1S/C25H27ClN4O5S/c26-20-11-10-18(36(34,35)29-13-4-1-5-14-29)15-21(20)27-22(31)16-30-23(32)25(28-24(30)33)12-6-8-17-7-2-3-9-19(17)25/h2-3,7,9-11,15H,1,4-6,8,12-14,16H2,(H,27,31)(H,28,33). The number of hydrogen-bond acceptors (Lipinski definition) is 5. The van der Waals surface area contributed by atoms with Gasteiger partial charge in [-0.25, -0.2) is 13.2 Å². The van der Waals surface area contributed by atoms with Crippen LogP contribution in [0.4, 0.5) is 10.5 Å². The molecule has 1 atom stereocenters. The van der Waals surface area contributed by atoms with Crippen LogP contribution < -0.4 is 10.6 Å². The van der Waals surface area contributed by atoms with E-state index in [1.165, 1.54) is 22.5 Å². The summed E-state index contributed by atoms with van der Waals surface area (Å²) in [4.78, 5) is 40.0. The lowest BCUT2D eigenvalue weighted by molar-refractivity contribution is -0.134. The van der Waals surface area contributed by atoms with Gasteiger partial charge in [-0.1, -0.05) is 42.3 Å². The highest BCUT2D eigenvalue weighted by Gasteiger charge is 2.54. The maximum Gasteiger partial charge on any atom is 0.325 e. The van der Waals surface area contributed by atoms with Crippen LogP contribution in [-0.2, 0) is 31.6 Å². The van der Waals surface area contributed by atoms with Crippen LogP contribution in [-0.4, -0.2) is 55.1 Å². The second-order valence-corrected chi connectivity index (χ2v) is 11.7. The summed E-state index contributed by atoms with van der Waals surface area (Å²) >= 11 is 6.24. The van der Waals surface area contributed by atoms with Crippen molar-refractivity contribution in [1.82, 2.24) is 14.5 Å². The number of rotatable bonds is 5. The van der Waals surface area contributed by atoms with Crippen molar-refractivity contribution in [1.29, 1.82) is 0 Å². The molecule has 2 aromatic rings. The van der Waals surface area contributed by atoms with Gasteiger partial charge in [0.15, 0.2) is 0 Å². The molecule has 2 saturated heterocycles. The Balaban J connectivity index is 1.33. The minimum atomic E-state index is -3.73. The molecular formula is C25H27ClN4O5S. The number of benzene rings is 2. The molecule has 2 N–H and O–H groups in total. The number of carbonyl (C=O) groups is 3. The van der Waals surface area contributed by atoms with Gasteiger partial charge in [-0.05, 0) is 61.4 Å². The normalized spacial score (nSPS) is 22.4. The SMILES string of the molecule is O=C(CN1C(=O)NC2(CCCc3ccccc32)C1=O)Nc1cc(S(=O)(=O)N2CCCCC2)ccc1Cl. The molecule has 11 heteroatoms. The van der Waals surface area contributed by atoms with Gasteiger partial charge < -0.3 is 10.6 Å². The zero-order valence-electron chi connectivity index (χ0n) is 19.6. The van der Waals surface area contributed by atoms with Crippen LogP contribution in [0.1, 0.15) is 43.2 Å². The molecule has 0 radical (unpaired) electrons. The third-order valence-electron chi connectivity index (χ3n) is 7.12. The summed E-state index contributed by atoms with van der Waals surface area (Å²) in [6.07, 6.45) is 4.59. The first kappa shape index (κ1) is 24.7. The van der Waals surface area contributed by atoms with Crippen molar-refractivity contribution >= 4 is 45.2 Å². The van der Waals surface area contributed by atoms with Gasteiger partial charge in [0.2, 0.25) is 15.9 Å². The van der Waals surface area contributed by atoms with Crippen molar-refractivity contribution in [3.05, 3.63) is 58.6 Å². The minimum absolute atomic E-state index is 0.0249. The zero-order chi connectivity index (χ0) is 25.5. The summed E-state index contributed by atoms with van der Waals surface area (Å²) in [5, 5.41) is 5.54. The number of piperidine rings is 1. The smallest absolute Gasteiger partial charge is 0.323 e. The van der Waals surface area contributed by atoms with Crippen LogP contribution in [0.15, 0.2) is 47.4 Å². The van der Waals surface area contributed by atoms with Gasteiger partial charge in [0.1, 0.15) is 12.1 Å². The number of urea groups is 1. The Hall–Kier alpha value is -2.95. The predicted molar refractivity (Wildman–Crippen MR) is 134 cm³/mol. The second-order valence-electron chi connectivity index (χ2n) is 9.39. The lowest BCUT2D eigenvalue weighted by Crippen LogP contribution is -2.47. The topological polar surface area (TPSA) is 116 Å². The Morgan fingerprint density at radius 2 is 1.81 bits per heavy atom. The van der Waals surface area contributed by atoms with E-state index in [-0.39, 0.29) is 15.6 Å². The van der Waals surface area contributed by atoms with E-state index < -0.39 is 40.0 Å². The second kappa shape index (κ2) is 9.49. The first-order chi connectivity index (χ1) is 17.2. The fourth-order valence-electron chi connectivity index (χ4n) is 5.30. The Morgan fingerprint density at radius 1 is 1.06 bits per heavy atom. The summed E-state index contributed by atoms with van der Waals surface area (Å²) in [7, 11) is -3.73. The van der Waals surface area contributed by atoms with Gasteiger partial charge in [-0.2, -0.15) is 4.31 Å². The fraction of sp³-hybridized carbons (Fsp3) is 0.400. The third-order valence-corrected chi connectivity index (χ3v) is 9.34. The Kier molecular flexibility index (Phi) is 6.52. The largest absolute Gasteiger partial charge is 0.325 e. The Bertz CT molecular complexity index is 1340. The number of anilines is 1. The van der Waals surface area contributed by atoms with Crippen molar-refractivity contribution < 1.29 is 22.8 Å². The molecule has 3 aliphatic rings. The molecule has 0 saturated carbocycles. The van der Waals surface area contributed by atoms with E-state index in [9.17, 15) is 22.8 Å². The summed E-state index contributed by atoms with van der Waals surface area (Å²) in [5.41, 5.74) is 0.689. The zero-order valence-corrected chi connectivity index (χ0v) is 21.2. The van der Waals surface area contributed by atoms with Crippen molar-refractivity contribution in [3.8, 4) is 0 Å². The van der Waals surface area contributed by atoms with E-state index in [1.807, 2.05) is 24.3 Å². The van der Waals surface area contributed by atoms with Crippen molar-refractivity contribution in [2.45, 2.75) is 49.0 Å². The van der Waals surface area contributed by atoms with Gasteiger partial charge in [0.05, 0.1) is 15.6 Å². The van der Waals surface area contributed by atoms with E-state index >= 15 is 0 Å². The van der Waals surface area contributed by atoms with Crippen LogP contribution in [0.5, 0.6) is 0 Å². The molecule has 2 aliphatic heterocycles. The van der Waals surface area contributed by atoms with Crippen LogP contribution >= 0.6 is 11.6 Å². The highest BCUT2D eigenvalue weighted by molar-refractivity contribution is 7.89. The van der Waals surface area contributed by atoms with E-state index in [4.69, 9.17) is 11.6 Å². The lowest BCUT2D eigenvalue weighted by atomic mass is 9.76. The van der Waals surface area contributed by atoms with Crippen LogP contribution in [0.25, 0.3) is 0 Å². The van der Waals surface area contributed by atoms with E-state index in [1.54, 1.807) is 0 Å². The molecule has 0 aromatic heterocycles. The summed E-state index contributed by atoms with van der Waals surface area (Å²) in [5.74, 6) is -1.13. The molecule has 5 rings (SSSR count). The third kappa shape index (κ3) is 4.27. The summed E-state index contributed by atoms with van der Waals surface area (Å²) < 4.78 is 27.5. The monoisotopic (exact) mass is 530 g/mol. The maximum absolute atomic E-state index is 13.4. The molecule has 1 unspecified atom stereocenters. The number of carbonyl (C=O) groups excluding carboxylic acids is 3. The highest BCUT2D eigenvalue weighted by atomic mass is 35.5. The summed E-state index contributed by atoms with van der Waals surface area (Å²) in [6, 6.07) is 11.0. The van der Waals surface area contributed by atoms with Gasteiger partial charge in [0, 0.05) is 13.1 Å². The maximum atomic E-state index is 13.4. The van der Waals surface area contributed by atoms with Crippen molar-refractivity contribution in [3.63, 3.8) is 0 Å². The molecule has 2 aromatic carbocycles. The number of amides is 4. The highest BCUT2D eigenvalue weighted by Crippen LogP contribution is 2.40. The van der Waals surface area contributed by atoms with E-state index in [0.29, 0.717) is 19.5 Å². The average molecular weight is 531 g/mol. The lowest BCUT2D eigenvalue weighted by Gasteiger charge is -2.33. The van der Waals surface area contributed by atoms with Crippen molar-refractivity contribution in [2.75, 3.05) is 25.0 Å². The summed E-state index contributed by atoms with van der Waals surface area (Å²) in [6.45, 7) is 0.376. The fourth-order valence-corrected chi connectivity index (χ4v) is 7.01. The van der Waals surface area contributed by atoms with Gasteiger partial charge in [0.25, 0.3) is 5.91 Å². The minimum Gasteiger partial charge on any atom is -0.323 e. The predicted octanol–water partition coefficient (Wildman–Crippen LogP) is 3.24. The van der Waals surface area contributed by atoms with Crippen molar-refractivity contribution in [2.24, 2.45) is 0 Å². The molecule has 0 bridgehead atoms. The van der Waals surface area contributed by atoms with Gasteiger partial charge >= 0.3 is 6.03 Å². The molecule has 4 amide bonds. The Labute approximate surface area is 214 Å². The number of fused-ring (bicyclic) bond motifs is 2. The number of nitrogens with one attached hydrogen (secondary N) is 2. The number of imide groups is 1. The number of aryl methyl sites for hydroxylation is 1. The molecule has 2 heterocycles.